The van der Waals surface area contributed by atoms with Crippen molar-refractivity contribution < 1.29 is 0 Å². The number of hydrogen-bond donors (Lipinski definition) is 0. The van der Waals surface area contributed by atoms with Crippen LogP contribution in [0.1, 0.15) is 31.9 Å². The molecule has 0 saturated heterocycles. The summed E-state index contributed by atoms with van der Waals surface area (Å²) < 4.78 is 0. The van der Waals surface area contributed by atoms with Crippen LogP contribution in [-0.4, -0.2) is 0 Å². The Morgan fingerprint density at radius 3 is 2.15 bits per heavy atom. The van der Waals surface area contributed by atoms with Crippen molar-refractivity contribution in [3.8, 4) is 6.07 Å². The Morgan fingerprint density at radius 1 is 1.15 bits per heavy atom. The van der Waals surface area contributed by atoms with Crippen molar-refractivity contribution in [2.24, 2.45) is 0 Å². The zero-order chi connectivity index (χ0) is 10.1. The van der Waals surface area contributed by atoms with E-state index in [1.54, 1.807) is 0 Å². The molecule has 1 aromatic carbocycles. The van der Waals surface area contributed by atoms with Gasteiger partial charge in [-0.2, -0.15) is 5.26 Å². The molecule has 70 valence electrons. The van der Waals surface area contributed by atoms with Crippen molar-refractivity contribution >= 4 is 0 Å². The summed E-state index contributed by atoms with van der Waals surface area (Å²) in [6.07, 6.45) is 1.54. The van der Waals surface area contributed by atoms with E-state index in [4.69, 9.17) is 5.26 Å². The van der Waals surface area contributed by atoms with Gasteiger partial charge in [0.15, 0.2) is 0 Å². The fraction of sp³-hybridized carbons (Fsp3) is 0.417. The van der Waals surface area contributed by atoms with Crippen LogP contribution in [-0.2, 0) is 12.8 Å². The second-order valence-electron chi connectivity index (χ2n) is 2.46. The van der Waals surface area contributed by atoms with Gasteiger partial charge in [-0.1, -0.05) is 45.0 Å². The monoisotopic (exact) mass is 175 g/mol. The highest BCUT2D eigenvalue weighted by molar-refractivity contribution is 5.29. The molecular weight excluding hydrogens is 158 g/mol. The third kappa shape index (κ3) is 3.75. The lowest BCUT2D eigenvalue weighted by Crippen LogP contribution is -1.89. The van der Waals surface area contributed by atoms with Crippen LogP contribution in [0.5, 0.6) is 0 Å². The van der Waals surface area contributed by atoms with Crippen LogP contribution < -0.4 is 0 Å². The molecule has 1 aromatic rings. The van der Waals surface area contributed by atoms with Crippen LogP contribution in [0.4, 0.5) is 0 Å². The molecule has 0 fully saturated rings. The smallest absolute Gasteiger partial charge is 0.0669 e. The normalized spacial score (nSPS) is 8.15. The molecule has 0 amide bonds. The molecule has 0 atom stereocenters. The van der Waals surface area contributed by atoms with E-state index in [9.17, 15) is 0 Å². The van der Waals surface area contributed by atoms with Crippen LogP contribution in [0.15, 0.2) is 24.3 Å². The van der Waals surface area contributed by atoms with Gasteiger partial charge in [0.25, 0.3) is 0 Å². The molecule has 0 aromatic heterocycles. The van der Waals surface area contributed by atoms with Gasteiger partial charge in [-0.3, -0.25) is 0 Å². The molecule has 1 nitrogen and oxygen atoms in total. The van der Waals surface area contributed by atoms with Gasteiger partial charge in [0.1, 0.15) is 0 Å². The maximum Gasteiger partial charge on any atom is 0.0669 e. The van der Waals surface area contributed by atoms with Crippen LogP contribution in [0.2, 0.25) is 0 Å². The predicted octanol–water partition coefficient (Wildman–Crippen LogP) is 3.34. The zero-order valence-corrected chi connectivity index (χ0v) is 8.67. The van der Waals surface area contributed by atoms with E-state index in [1.807, 2.05) is 32.0 Å². The van der Waals surface area contributed by atoms with Crippen molar-refractivity contribution in [3.63, 3.8) is 0 Å². The Morgan fingerprint density at radius 2 is 1.69 bits per heavy atom. The Balaban J connectivity index is 0.000000671. The second-order valence-corrected chi connectivity index (χ2v) is 2.46. The minimum atomic E-state index is 0.532. The SMILES string of the molecule is CC.CCc1ccccc1CC#N. The minimum Gasteiger partial charge on any atom is -0.198 e. The molecule has 0 spiro atoms. The summed E-state index contributed by atoms with van der Waals surface area (Å²) >= 11 is 0. The van der Waals surface area contributed by atoms with Crippen LogP contribution >= 0.6 is 0 Å². The summed E-state index contributed by atoms with van der Waals surface area (Å²) in [5, 5.41) is 8.49. The molecule has 0 unspecified atom stereocenters. The second kappa shape index (κ2) is 7.36. The van der Waals surface area contributed by atoms with Crippen molar-refractivity contribution in [2.45, 2.75) is 33.6 Å². The van der Waals surface area contributed by atoms with Crippen LogP contribution in [0.25, 0.3) is 0 Å². The first-order valence-corrected chi connectivity index (χ1v) is 4.82. The molecule has 13 heavy (non-hydrogen) atoms. The molecule has 0 radical (unpaired) electrons. The van der Waals surface area contributed by atoms with Gasteiger partial charge >= 0.3 is 0 Å². The highest BCUT2D eigenvalue weighted by Gasteiger charge is 1.96. The molecule has 0 heterocycles. The van der Waals surface area contributed by atoms with Crippen LogP contribution in [0.3, 0.4) is 0 Å². The average Bonchev–Trinajstić information content (AvgIpc) is 2.22. The summed E-state index contributed by atoms with van der Waals surface area (Å²) in [6.45, 7) is 6.11. The summed E-state index contributed by atoms with van der Waals surface area (Å²) in [6, 6.07) is 10.2. The van der Waals surface area contributed by atoms with E-state index < -0.39 is 0 Å². The number of rotatable bonds is 2. The molecule has 1 rings (SSSR count). The fourth-order valence-electron chi connectivity index (χ4n) is 1.16. The summed E-state index contributed by atoms with van der Waals surface area (Å²) in [7, 11) is 0. The number of aryl methyl sites for hydroxylation is 1. The lowest BCUT2D eigenvalue weighted by atomic mass is 10.0. The zero-order valence-electron chi connectivity index (χ0n) is 8.67. The van der Waals surface area contributed by atoms with E-state index in [1.165, 1.54) is 5.56 Å². The standard InChI is InChI=1S/C10H11N.C2H6/c1-2-9-5-3-4-6-10(9)7-8-11;1-2/h3-6H,2,7H2,1H3;1-2H3. The molecule has 0 bridgehead atoms. The van der Waals surface area contributed by atoms with Gasteiger partial charge in [-0.15, -0.1) is 0 Å². The summed E-state index contributed by atoms with van der Waals surface area (Å²) in [5.41, 5.74) is 2.45. The van der Waals surface area contributed by atoms with Crippen molar-refractivity contribution in [1.82, 2.24) is 0 Å². The van der Waals surface area contributed by atoms with E-state index in [-0.39, 0.29) is 0 Å². The maximum atomic E-state index is 8.49. The van der Waals surface area contributed by atoms with Gasteiger partial charge in [0, 0.05) is 0 Å². The van der Waals surface area contributed by atoms with E-state index in [2.05, 4.69) is 19.1 Å². The Labute approximate surface area is 81.0 Å². The largest absolute Gasteiger partial charge is 0.198 e. The minimum absolute atomic E-state index is 0.532. The molecular formula is C12H17N. The van der Waals surface area contributed by atoms with Gasteiger partial charge in [0.05, 0.1) is 12.5 Å². The van der Waals surface area contributed by atoms with Gasteiger partial charge in [-0.25, -0.2) is 0 Å². The number of hydrogen-bond acceptors (Lipinski definition) is 1. The number of nitrogens with zero attached hydrogens (tertiary/aromatic N) is 1. The summed E-state index contributed by atoms with van der Waals surface area (Å²) in [5.74, 6) is 0. The molecule has 0 saturated carbocycles. The fourth-order valence-corrected chi connectivity index (χ4v) is 1.16. The first-order chi connectivity index (χ1) is 6.38. The lowest BCUT2D eigenvalue weighted by Gasteiger charge is -2.01. The highest BCUT2D eigenvalue weighted by atomic mass is 14.2. The average molecular weight is 175 g/mol. The van der Waals surface area contributed by atoms with E-state index in [0.717, 1.165) is 12.0 Å². The van der Waals surface area contributed by atoms with Gasteiger partial charge in [-0.05, 0) is 17.5 Å². The topological polar surface area (TPSA) is 23.8 Å². The van der Waals surface area contributed by atoms with Crippen LogP contribution in [0, 0.1) is 11.3 Å². The van der Waals surface area contributed by atoms with Crippen molar-refractivity contribution in [2.75, 3.05) is 0 Å². The van der Waals surface area contributed by atoms with Crippen molar-refractivity contribution in [1.29, 1.82) is 5.26 Å². The van der Waals surface area contributed by atoms with Gasteiger partial charge < -0.3 is 0 Å². The van der Waals surface area contributed by atoms with Gasteiger partial charge in [0.2, 0.25) is 0 Å². The highest BCUT2D eigenvalue weighted by Crippen LogP contribution is 2.08. The third-order valence-corrected chi connectivity index (χ3v) is 1.77. The number of benzene rings is 1. The van der Waals surface area contributed by atoms with Crippen molar-refractivity contribution in [3.05, 3.63) is 35.4 Å². The first-order valence-electron chi connectivity index (χ1n) is 4.82. The van der Waals surface area contributed by atoms with E-state index in [0.29, 0.717) is 6.42 Å². The molecule has 1 heteroatoms. The Bertz CT molecular complexity index is 271. The Kier molecular flexibility index (Phi) is 6.63. The van der Waals surface area contributed by atoms with E-state index >= 15 is 0 Å². The molecule has 0 aliphatic rings. The molecule has 0 N–H and O–H groups in total. The molecule has 0 aliphatic heterocycles. The summed E-state index contributed by atoms with van der Waals surface area (Å²) in [4.78, 5) is 0. The Hall–Kier alpha value is -1.29. The first kappa shape index (κ1) is 11.7. The maximum absolute atomic E-state index is 8.49. The lowest BCUT2D eigenvalue weighted by molar-refractivity contribution is 1.08. The number of nitriles is 1. The quantitative estimate of drug-likeness (QED) is 0.676. The molecule has 0 aliphatic carbocycles. The third-order valence-electron chi connectivity index (χ3n) is 1.77. The predicted molar refractivity (Wildman–Crippen MR) is 56.5 cm³/mol.